The Morgan fingerprint density at radius 3 is 2.74 bits per heavy atom. The highest BCUT2D eigenvalue weighted by molar-refractivity contribution is 7.99. The highest BCUT2D eigenvalue weighted by Crippen LogP contribution is 2.32. The van der Waals surface area contributed by atoms with Gasteiger partial charge in [0.15, 0.2) is 11.5 Å². The Morgan fingerprint density at radius 2 is 1.89 bits per heavy atom. The van der Waals surface area contributed by atoms with Gasteiger partial charge in [-0.2, -0.15) is 0 Å². The summed E-state index contributed by atoms with van der Waals surface area (Å²) in [7, 11) is 0. The van der Waals surface area contributed by atoms with Gasteiger partial charge in [-0.3, -0.25) is 4.79 Å². The Morgan fingerprint density at radius 1 is 1.07 bits per heavy atom. The second-order valence-corrected chi connectivity index (χ2v) is 7.45. The van der Waals surface area contributed by atoms with E-state index in [4.69, 9.17) is 9.47 Å². The van der Waals surface area contributed by atoms with Gasteiger partial charge in [0.25, 0.3) is 0 Å². The number of thioether (sulfide) groups is 1. The van der Waals surface area contributed by atoms with Crippen molar-refractivity contribution in [3.8, 4) is 11.5 Å². The molecule has 0 radical (unpaired) electrons. The number of rotatable bonds is 5. The number of hydrogen-bond acceptors (Lipinski definition) is 7. The summed E-state index contributed by atoms with van der Waals surface area (Å²) in [6.07, 6.45) is 5.25. The molecule has 1 aromatic heterocycles. The molecule has 2 aromatic rings. The molecule has 27 heavy (non-hydrogen) atoms. The molecule has 0 aliphatic carbocycles. The topological polar surface area (TPSA) is 76.6 Å². The van der Waals surface area contributed by atoms with Crippen LogP contribution in [0.4, 0.5) is 11.5 Å². The molecule has 1 amide bonds. The Bertz CT molecular complexity index is 811. The first-order valence-corrected chi connectivity index (χ1v) is 10.2. The van der Waals surface area contributed by atoms with Crippen molar-refractivity contribution in [3.63, 3.8) is 0 Å². The van der Waals surface area contributed by atoms with Gasteiger partial charge in [0.1, 0.15) is 30.4 Å². The van der Waals surface area contributed by atoms with Crippen LogP contribution in [0.3, 0.4) is 0 Å². The standard InChI is InChI=1S/C19H22N4O3S/c24-18(22-14-4-5-15-16(10-14)26-9-8-25-15)12-27-19-11-17(20-13-21-19)23-6-2-1-3-7-23/h4-5,10-11,13H,1-3,6-9,12H2,(H,22,24). The third kappa shape index (κ3) is 4.63. The third-order valence-electron chi connectivity index (χ3n) is 4.48. The average Bonchev–Trinajstić information content (AvgIpc) is 2.73. The molecule has 2 aliphatic rings. The van der Waals surface area contributed by atoms with E-state index in [1.54, 1.807) is 12.4 Å². The molecular formula is C19H22N4O3S. The number of carbonyl (C=O) groups excluding carboxylic acids is 1. The summed E-state index contributed by atoms with van der Waals surface area (Å²) in [5.74, 6) is 2.51. The molecule has 3 heterocycles. The summed E-state index contributed by atoms with van der Waals surface area (Å²) in [6, 6.07) is 7.38. The van der Waals surface area contributed by atoms with E-state index in [1.807, 2.05) is 18.2 Å². The maximum atomic E-state index is 12.3. The van der Waals surface area contributed by atoms with Crippen molar-refractivity contribution in [1.82, 2.24) is 9.97 Å². The molecule has 142 valence electrons. The molecule has 1 fully saturated rings. The number of nitrogens with zero attached hydrogens (tertiary/aromatic N) is 3. The van der Waals surface area contributed by atoms with E-state index in [2.05, 4.69) is 20.2 Å². The molecule has 2 aliphatic heterocycles. The van der Waals surface area contributed by atoms with E-state index in [0.29, 0.717) is 30.4 Å². The van der Waals surface area contributed by atoms with Gasteiger partial charge in [0.05, 0.1) is 5.75 Å². The molecule has 0 bridgehead atoms. The minimum absolute atomic E-state index is 0.0881. The van der Waals surface area contributed by atoms with Crippen molar-refractivity contribution in [2.24, 2.45) is 0 Å². The zero-order valence-corrected chi connectivity index (χ0v) is 15.8. The lowest BCUT2D eigenvalue weighted by atomic mass is 10.1. The molecule has 7 nitrogen and oxygen atoms in total. The van der Waals surface area contributed by atoms with Crippen LogP contribution in [-0.2, 0) is 4.79 Å². The van der Waals surface area contributed by atoms with Gasteiger partial charge in [-0.15, -0.1) is 0 Å². The second-order valence-electron chi connectivity index (χ2n) is 6.46. The number of fused-ring (bicyclic) bond motifs is 1. The van der Waals surface area contributed by atoms with E-state index >= 15 is 0 Å². The monoisotopic (exact) mass is 386 g/mol. The average molecular weight is 386 g/mol. The van der Waals surface area contributed by atoms with Crippen LogP contribution in [0.2, 0.25) is 0 Å². The largest absolute Gasteiger partial charge is 0.486 e. The lowest BCUT2D eigenvalue weighted by Crippen LogP contribution is -2.30. The Kier molecular flexibility index (Phi) is 5.62. The van der Waals surface area contributed by atoms with Crippen molar-refractivity contribution in [2.45, 2.75) is 24.3 Å². The van der Waals surface area contributed by atoms with Gasteiger partial charge in [0.2, 0.25) is 5.91 Å². The van der Waals surface area contributed by atoms with Crippen LogP contribution in [0.25, 0.3) is 0 Å². The SMILES string of the molecule is O=C(CSc1cc(N2CCCCC2)ncn1)Nc1ccc2c(c1)OCCO2. The number of piperidine rings is 1. The summed E-state index contributed by atoms with van der Waals surface area (Å²) < 4.78 is 11.0. The van der Waals surface area contributed by atoms with E-state index < -0.39 is 0 Å². The van der Waals surface area contributed by atoms with Crippen molar-refractivity contribution in [3.05, 3.63) is 30.6 Å². The zero-order chi connectivity index (χ0) is 18.5. The number of ether oxygens (including phenoxy) is 2. The highest BCUT2D eigenvalue weighted by atomic mass is 32.2. The number of benzene rings is 1. The van der Waals surface area contributed by atoms with Gasteiger partial charge in [0, 0.05) is 30.9 Å². The number of nitrogens with one attached hydrogen (secondary N) is 1. The smallest absolute Gasteiger partial charge is 0.234 e. The molecule has 8 heteroatoms. The van der Waals surface area contributed by atoms with Gasteiger partial charge >= 0.3 is 0 Å². The summed E-state index contributed by atoms with van der Waals surface area (Å²) >= 11 is 1.41. The highest BCUT2D eigenvalue weighted by Gasteiger charge is 2.15. The fourth-order valence-electron chi connectivity index (χ4n) is 3.16. The first kappa shape index (κ1) is 17.9. The van der Waals surface area contributed by atoms with E-state index in [0.717, 1.165) is 23.9 Å². The number of amides is 1. The van der Waals surface area contributed by atoms with E-state index in [-0.39, 0.29) is 11.7 Å². The van der Waals surface area contributed by atoms with Crippen LogP contribution in [0.15, 0.2) is 35.6 Å². The summed E-state index contributed by atoms with van der Waals surface area (Å²) in [4.78, 5) is 23.2. The maximum Gasteiger partial charge on any atom is 0.234 e. The molecule has 0 spiro atoms. The van der Waals surface area contributed by atoms with Crippen molar-refractivity contribution >= 4 is 29.2 Å². The normalized spacial score (nSPS) is 16.1. The number of carbonyl (C=O) groups is 1. The molecule has 1 saturated heterocycles. The summed E-state index contributed by atoms with van der Waals surface area (Å²) in [6.45, 7) is 3.14. The van der Waals surface area contributed by atoms with Crippen molar-refractivity contribution < 1.29 is 14.3 Å². The van der Waals surface area contributed by atoms with E-state index in [9.17, 15) is 4.79 Å². The van der Waals surface area contributed by atoms with Crippen LogP contribution >= 0.6 is 11.8 Å². The zero-order valence-electron chi connectivity index (χ0n) is 15.0. The van der Waals surface area contributed by atoms with Crippen molar-refractivity contribution in [1.29, 1.82) is 0 Å². The van der Waals surface area contributed by atoms with Gasteiger partial charge in [-0.05, 0) is 31.4 Å². The van der Waals surface area contributed by atoms with Gasteiger partial charge in [-0.25, -0.2) is 9.97 Å². The van der Waals surface area contributed by atoms with Gasteiger partial charge in [-0.1, -0.05) is 11.8 Å². The quantitative estimate of drug-likeness (QED) is 0.625. The predicted molar refractivity (Wildman–Crippen MR) is 105 cm³/mol. The molecule has 4 rings (SSSR count). The third-order valence-corrected chi connectivity index (χ3v) is 5.41. The van der Waals surface area contributed by atoms with E-state index in [1.165, 1.54) is 31.0 Å². The number of aromatic nitrogens is 2. The molecular weight excluding hydrogens is 364 g/mol. The minimum Gasteiger partial charge on any atom is -0.486 e. The maximum absolute atomic E-state index is 12.3. The first-order chi connectivity index (χ1) is 13.3. The number of hydrogen-bond donors (Lipinski definition) is 1. The first-order valence-electron chi connectivity index (χ1n) is 9.17. The Balaban J connectivity index is 1.32. The fraction of sp³-hybridized carbons (Fsp3) is 0.421. The molecule has 1 N–H and O–H groups in total. The molecule has 1 aromatic carbocycles. The summed E-state index contributed by atoms with van der Waals surface area (Å²) in [5.41, 5.74) is 0.696. The van der Waals surface area contributed by atoms with Crippen LogP contribution < -0.4 is 19.7 Å². The van der Waals surface area contributed by atoms with Crippen LogP contribution in [0, 0.1) is 0 Å². The predicted octanol–water partition coefficient (Wildman–Crippen LogP) is 2.97. The lowest BCUT2D eigenvalue weighted by molar-refractivity contribution is -0.113. The minimum atomic E-state index is -0.0881. The molecule has 0 atom stereocenters. The number of anilines is 2. The summed E-state index contributed by atoms with van der Waals surface area (Å²) in [5, 5.41) is 3.70. The van der Waals surface area contributed by atoms with Crippen molar-refractivity contribution in [2.75, 3.05) is 42.3 Å². The molecule has 0 saturated carbocycles. The Hall–Kier alpha value is -2.48. The van der Waals surface area contributed by atoms with Crippen LogP contribution in [0.5, 0.6) is 11.5 Å². The second kappa shape index (κ2) is 8.47. The van der Waals surface area contributed by atoms with Gasteiger partial charge < -0.3 is 19.7 Å². The Labute approximate surface area is 162 Å². The van der Waals surface area contributed by atoms with Crippen LogP contribution in [0.1, 0.15) is 19.3 Å². The lowest BCUT2D eigenvalue weighted by Gasteiger charge is -2.27. The van der Waals surface area contributed by atoms with Crippen LogP contribution in [-0.4, -0.2) is 47.9 Å². The molecule has 0 unspecified atom stereocenters. The fourth-order valence-corrected chi connectivity index (χ4v) is 3.82.